The molecule has 0 amide bonds. The van der Waals surface area contributed by atoms with E-state index in [1.807, 2.05) is 18.5 Å². The molecule has 1 aliphatic heterocycles. The first kappa shape index (κ1) is 18.6. The number of likely N-dealkylation sites (N-methyl/N-ethyl adjacent to an activating group) is 1. The summed E-state index contributed by atoms with van der Waals surface area (Å²) in [5.41, 5.74) is 1.19. The summed E-state index contributed by atoms with van der Waals surface area (Å²) in [7, 11) is 3.95. The van der Waals surface area contributed by atoms with E-state index in [0.29, 0.717) is 13.1 Å². The van der Waals surface area contributed by atoms with Gasteiger partial charge in [-0.25, -0.2) is 9.97 Å². The summed E-state index contributed by atoms with van der Waals surface area (Å²) in [4.78, 5) is 19.2. The van der Waals surface area contributed by atoms with Crippen LogP contribution in [0.4, 0.5) is 5.82 Å². The van der Waals surface area contributed by atoms with Gasteiger partial charge >= 0.3 is 0 Å². The van der Waals surface area contributed by atoms with E-state index in [-0.39, 0.29) is 0 Å². The lowest BCUT2D eigenvalue weighted by molar-refractivity contribution is 0.312. The van der Waals surface area contributed by atoms with Crippen LogP contribution in [-0.2, 0) is 13.1 Å². The number of aryl methyl sites for hydroxylation is 1. The predicted molar refractivity (Wildman–Crippen MR) is 108 cm³/mol. The highest BCUT2D eigenvalue weighted by atomic mass is 32.1. The molecule has 0 atom stereocenters. The molecule has 0 unspecified atom stereocenters. The monoisotopic (exact) mass is 373 g/mol. The Bertz CT molecular complexity index is 735. The molecule has 0 radical (unpaired) electrons. The van der Waals surface area contributed by atoms with Gasteiger partial charge in [-0.05, 0) is 20.0 Å². The molecule has 0 spiro atoms. The Labute approximate surface area is 159 Å². The standard InChI is InChI=1S/C18H27N7S/c1-14-11-21-16(26-14)13-23-18(19-2)22-12-15-5-4-6-20-17(15)25-9-7-24(3)8-10-25/h4-6,11H,7-10,12-13H2,1-3H3,(H2,19,22,23). The number of piperazine rings is 1. The number of anilines is 1. The van der Waals surface area contributed by atoms with Gasteiger partial charge in [-0.3, -0.25) is 4.99 Å². The van der Waals surface area contributed by atoms with Gasteiger partial charge in [0.1, 0.15) is 10.8 Å². The topological polar surface area (TPSA) is 68.7 Å². The molecule has 140 valence electrons. The minimum Gasteiger partial charge on any atom is -0.354 e. The fraction of sp³-hybridized carbons (Fsp3) is 0.500. The summed E-state index contributed by atoms with van der Waals surface area (Å²) in [6.45, 7) is 7.59. The van der Waals surface area contributed by atoms with Gasteiger partial charge in [0.15, 0.2) is 5.96 Å². The molecule has 2 aromatic heterocycles. The van der Waals surface area contributed by atoms with E-state index in [0.717, 1.165) is 43.0 Å². The van der Waals surface area contributed by atoms with E-state index in [1.54, 1.807) is 18.4 Å². The maximum absolute atomic E-state index is 4.63. The Balaban J connectivity index is 1.58. The Morgan fingerprint density at radius 3 is 2.65 bits per heavy atom. The average Bonchev–Trinajstić information content (AvgIpc) is 3.08. The van der Waals surface area contributed by atoms with Gasteiger partial charge < -0.3 is 20.4 Å². The van der Waals surface area contributed by atoms with Crippen LogP contribution < -0.4 is 15.5 Å². The lowest BCUT2D eigenvalue weighted by Gasteiger charge is -2.34. The lowest BCUT2D eigenvalue weighted by Crippen LogP contribution is -2.45. The molecule has 26 heavy (non-hydrogen) atoms. The third-order valence-corrected chi connectivity index (χ3v) is 5.33. The zero-order valence-corrected chi connectivity index (χ0v) is 16.5. The average molecular weight is 374 g/mol. The second kappa shape index (κ2) is 8.95. The number of nitrogens with one attached hydrogen (secondary N) is 2. The molecule has 1 saturated heterocycles. The second-order valence-corrected chi connectivity index (χ2v) is 7.74. The van der Waals surface area contributed by atoms with Crippen LogP contribution in [0.5, 0.6) is 0 Å². The van der Waals surface area contributed by atoms with Crippen molar-refractivity contribution in [3.63, 3.8) is 0 Å². The number of pyridine rings is 1. The van der Waals surface area contributed by atoms with Gasteiger partial charge in [0.25, 0.3) is 0 Å². The minimum atomic E-state index is 0.677. The van der Waals surface area contributed by atoms with Crippen LogP contribution >= 0.6 is 11.3 Å². The summed E-state index contributed by atoms with van der Waals surface area (Å²) in [5, 5.41) is 7.77. The van der Waals surface area contributed by atoms with Gasteiger partial charge in [0.2, 0.25) is 0 Å². The molecule has 0 bridgehead atoms. The summed E-state index contributed by atoms with van der Waals surface area (Å²) in [5.74, 6) is 1.84. The third-order valence-electron chi connectivity index (χ3n) is 4.42. The van der Waals surface area contributed by atoms with Crippen LogP contribution in [0.2, 0.25) is 0 Å². The highest BCUT2D eigenvalue weighted by Gasteiger charge is 2.18. The summed E-state index contributed by atoms with van der Waals surface area (Å²) in [6.07, 6.45) is 3.77. The van der Waals surface area contributed by atoms with Crippen LogP contribution in [0.1, 0.15) is 15.4 Å². The van der Waals surface area contributed by atoms with Crippen molar-refractivity contribution in [2.75, 3.05) is 45.2 Å². The minimum absolute atomic E-state index is 0.677. The fourth-order valence-electron chi connectivity index (χ4n) is 2.91. The van der Waals surface area contributed by atoms with Gasteiger partial charge in [-0.15, -0.1) is 11.3 Å². The number of rotatable bonds is 5. The summed E-state index contributed by atoms with van der Waals surface area (Å²) < 4.78 is 0. The Morgan fingerprint density at radius 2 is 1.96 bits per heavy atom. The van der Waals surface area contributed by atoms with Crippen molar-refractivity contribution in [1.82, 2.24) is 25.5 Å². The van der Waals surface area contributed by atoms with E-state index in [1.165, 1.54) is 10.4 Å². The van der Waals surface area contributed by atoms with Gasteiger partial charge in [-0.1, -0.05) is 6.07 Å². The predicted octanol–water partition coefficient (Wildman–Crippen LogP) is 1.46. The van der Waals surface area contributed by atoms with Crippen molar-refractivity contribution in [2.24, 2.45) is 4.99 Å². The zero-order valence-electron chi connectivity index (χ0n) is 15.7. The number of aliphatic imine (C=N–C) groups is 1. The van der Waals surface area contributed by atoms with Gasteiger partial charge in [0, 0.05) is 62.6 Å². The third kappa shape index (κ3) is 4.92. The molecule has 8 heteroatoms. The maximum Gasteiger partial charge on any atom is 0.191 e. The van der Waals surface area contributed by atoms with Gasteiger partial charge in [0.05, 0.1) is 6.54 Å². The van der Waals surface area contributed by atoms with Crippen molar-refractivity contribution < 1.29 is 0 Å². The van der Waals surface area contributed by atoms with Crippen molar-refractivity contribution in [3.05, 3.63) is 40.0 Å². The van der Waals surface area contributed by atoms with E-state index >= 15 is 0 Å². The molecule has 2 N–H and O–H groups in total. The number of nitrogens with zero attached hydrogens (tertiary/aromatic N) is 5. The first-order chi connectivity index (χ1) is 12.7. The molecular weight excluding hydrogens is 346 g/mol. The number of aromatic nitrogens is 2. The molecule has 1 aliphatic rings. The van der Waals surface area contributed by atoms with Gasteiger partial charge in [-0.2, -0.15) is 0 Å². The second-order valence-electron chi connectivity index (χ2n) is 6.42. The summed E-state index contributed by atoms with van der Waals surface area (Å²) in [6, 6.07) is 4.12. The molecule has 2 aromatic rings. The van der Waals surface area contributed by atoms with E-state index < -0.39 is 0 Å². The van der Waals surface area contributed by atoms with Crippen LogP contribution in [0.3, 0.4) is 0 Å². The molecule has 1 fully saturated rings. The first-order valence-corrected chi connectivity index (χ1v) is 9.70. The number of hydrogen-bond donors (Lipinski definition) is 2. The largest absolute Gasteiger partial charge is 0.354 e. The SMILES string of the molecule is CN=C(NCc1ncc(C)s1)NCc1cccnc1N1CCN(C)CC1. The lowest BCUT2D eigenvalue weighted by atomic mass is 10.2. The molecule has 0 aromatic carbocycles. The Kier molecular flexibility index (Phi) is 6.40. The summed E-state index contributed by atoms with van der Waals surface area (Å²) >= 11 is 1.70. The number of guanidine groups is 1. The number of hydrogen-bond acceptors (Lipinski definition) is 6. The van der Waals surface area contributed by atoms with Crippen molar-refractivity contribution in [3.8, 4) is 0 Å². The Hall–Kier alpha value is -2.19. The highest BCUT2D eigenvalue weighted by molar-refractivity contribution is 7.11. The molecular formula is C18H27N7S. The molecule has 3 heterocycles. The van der Waals surface area contributed by atoms with E-state index in [9.17, 15) is 0 Å². The van der Waals surface area contributed by atoms with Crippen molar-refractivity contribution >= 4 is 23.1 Å². The van der Waals surface area contributed by atoms with E-state index in [2.05, 4.69) is 55.4 Å². The van der Waals surface area contributed by atoms with Crippen LogP contribution in [-0.4, -0.2) is 61.1 Å². The van der Waals surface area contributed by atoms with Crippen LogP contribution in [0, 0.1) is 6.92 Å². The van der Waals surface area contributed by atoms with E-state index in [4.69, 9.17) is 0 Å². The first-order valence-electron chi connectivity index (χ1n) is 8.89. The molecule has 3 rings (SSSR count). The zero-order chi connectivity index (χ0) is 18.4. The highest BCUT2D eigenvalue weighted by Crippen LogP contribution is 2.18. The fourth-order valence-corrected chi connectivity index (χ4v) is 3.64. The van der Waals surface area contributed by atoms with Crippen molar-refractivity contribution in [2.45, 2.75) is 20.0 Å². The smallest absolute Gasteiger partial charge is 0.191 e. The van der Waals surface area contributed by atoms with Crippen molar-refractivity contribution in [1.29, 1.82) is 0 Å². The quantitative estimate of drug-likeness (QED) is 0.611. The number of thiazole rings is 1. The molecule has 0 aliphatic carbocycles. The van der Waals surface area contributed by atoms with Crippen LogP contribution in [0.25, 0.3) is 0 Å². The Morgan fingerprint density at radius 1 is 1.19 bits per heavy atom. The normalized spacial score (nSPS) is 16.0. The molecule has 0 saturated carbocycles. The van der Waals surface area contributed by atoms with Crippen LogP contribution in [0.15, 0.2) is 29.5 Å². The maximum atomic E-state index is 4.63. The molecule has 7 nitrogen and oxygen atoms in total.